The zero-order valence-corrected chi connectivity index (χ0v) is 26.5. The molecule has 9 heteroatoms. The number of carboxylic acids is 1. The number of carbonyl (C=O) groups excluding carboxylic acids is 1. The molecule has 44 heavy (non-hydrogen) atoms. The van der Waals surface area contributed by atoms with Crippen molar-refractivity contribution in [1.29, 1.82) is 0 Å². The Bertz CT molecular complexity index is 1690. The normalized spacial score (nSPS) is 11.6. The van der Waals surface area contributed by atoms with E-state index in [-0.39, 0.29) is 23.0 Å². The molecule has 0 saturated heterocycles. The summed E-state index contributed by atoms with van der Waals surface area (Å²) in [6, 6.07) is 25.4. The molecule has 2 N–H and O–H groups in total. The lowest BCUT2D eigenvalue weighted by atomic mass is 9.88. The molecule has 0 unspecified atom stereocenters. The molecule has 2 heterocycles. The lowest BCUT2D eigenvalue weighted by molar-refractivity contribution is 0.0696. The largest absolute Gasteiger partial charge is 0.478 e. The third kappa shape index (κ3) is 9.49. The van der Waals surface area contributed by atoms with Crippen LogP contribution in [-0.2, 0) is 6.42 Å². The highest BCUT2D eigenvalue weighted by Crippen LogP contribution is 2.30. The molecule has 0 spiro atoms. The number of rotatable bonds is 8. The lowest BCUT2D eigenvalue weighted by Crippen LogP contribution is -2.27. The Morgan fingerprint density at radius 1 is 0.977 bits per heavy atom. The third-order valence-electron chi connectivity index (χ3n) is 6.37. The van der Waals surface area contributed by atoms with E-state index in [0.29, 0.717) is 16.2 Å². The van der Waals surface area contributed by atoms with Gasteiger partial charge in [0.05, 0.1) is 16.6 Å². The molecule has 226 valence electrons. The zero-order valence-electron chi connectivity index (χ0n) is 25.0. The van der Waals surface area contributed by atoms with Gasteiger partial charge in [0.15, 0.2) is 0 Å². The first-order valence-corrected chi connectivity index (χ1v) is 15.3. The summed E-state index contributed by atoms with van der Waals surface area (Å²) < 4.78 is 5.93. The van der Waals surface area contributed by atoms with Crippen molar-refractivity contribution in [3.05, 3.63) is 130 Å². The monoisotopic (exact) mass is 627 g/mol. The molecule has 0 fully saturated rings. The molecule has 5 rings (SSSR count). The molecule has 0 aliphatic rings. The maximum Gasteiger partial charge on any atom is 0.335 e. The van der Waals surface area contributed by atoms with Crippen LogP contribution in [0.1, 0.15) is 65.6 Å². The van der Waals surface area contributed by atoms with Crippen LogP contribution in [0.2, 0.25) is 5.02 Å². The molecule has 0 aliphatic carbocycles. The number of nitrogens with one attached hydrogen (secondary N) is 1. The second-order valence-electron chi connectivity index (χ2n) is 11.3. The van der Waals surface area contributed by atoms with E-state index in [4.69, 9.17) is 21.4 Å². The minimum atomic E-state index is -1.01. The maximum absolute atomic E-state index is 13.0. The van der Waals surface area contributed by atoms with Crippen LogP contribution in [0, 0.1) is 5.41 Å². The summed E-state index contributed by atoms with van der Waals surface area (Å²) in [6.07, 6.45) is 4.30. The highest BCUT2D eigenvalue weighted by Gasteiger charge is 2.19. The Morgan fingerprint density at radius 3 is 2.34 bits per heavy atom. The average Bonchev–Trinajstić information content (AvgIpc) is 3.54. The molecule has 0 bridgehead atoms. The number of amides is 1. The highest BCUT2D eigenvalue weighted by atomic mass is 35.5. The maximum atomic E-state index is 13.0. The summed E-state index contributed by atoms with van der Waals surface area (Å²) in [7, 11) is 0. The standard InChI is InChI=1S/C24H18ClN3O4S.C11H16/c1-14(15-5-7-16(8-6-15)24(30)31)28-21(29)20-12-18(25)13-27-22(20)32-19-4-2-3-17(11-19)23-26-9-10-33-23;1-11(2,3)9-10-7-5-4-6-8-10/h2-14H,1H3,(H,28,29)(H,30,31);4-8H,9H2,1-3H3/t14-;/m0./s1. The van der Waals surface area contributed by atoms with Gasteiger partial charge in [-0.15, -0.1) is 11.3 Å². The van der Waals surface area contributed by atoms with Gasteiger partial charge in [-0.25, -0.2) is 14.8 Å². The molecule has 0 saturated carbocycles. The molecule has 7 nitrogen and oxygen atoms in total. The molecule has 5 aromatic rings. The molecule has 1 atom stereocenters. The fourth-order valence-corrected chi connectivity index (χ4v) is 5.11. The Hall–Kier alpha value is -4.53. The Balaban J connectivity index is 0.000000339. The number of ether oxygens (including phenoxy) is 1. The van der Waals surface area contributed by atoms with Crippen LogP contribution >= 0.6 is 22.9 Å². The topological polar surface area (TPSA) is 101 Å². The minimum Gasteiger partial charge on any atom is -0.478 e. The van der Waals surface area contributed by atoms with Gasteiger partial charge in [-0.05, 0) is 60.2 Å². The predicted molar refractivity (Wildman–Crippen MR) is 176 cm³/mol. The van der Waals surface area contributed by atoms with E-state index in [1.54, 1.807) is 31.3 Å². The number of carbonyl (C=O) groups is 2. The highest BCUT2D eigenvalue weighted by molar-refractivity contribution is 7.13. The predicted octanol–water partition coefficient (Wildman–Crippen LogP) is 9.12. The van der Waals surface area contributed by atoms with Gasteiger partial charge in [0.2, 0.25) is 5.88 Å². The first-order chi connectivity index (χ1) is 21.0. The third-order valence-corrected chi connectivity index (χ3v) is 7.40. The molecule has 0 aliphatic heterocycles. The van der Waals surface area contributed by atoms with Gasteiger partial charge in [-0.1, -0.05) is 87.0 Å². The Labute approximate surface area is 266 Å². The van der Waals surface area contributed by atoms with E-state index in [9.17, 15) is 9.59 Å². The Morgan fingerprint density at radius 2 is 1.70 bits per heavy atom. The zero-order chi connectivity index (χ0) is 31.7. The number of benzene rings is 3. The Kier molecular flexibility index (Phi) is 10.9. The fourth-order valence-electron chi connectivity index (χ4n) is 4.32. The number of aromatic nitrogens is 2. The summed E-state index contributed by atoms with van der Waals surface area (Å²) in [6.45, 7) is 8.59. The molecule has 0 radical (unpaired) electrons. The van der Waals surface area contributed by atoms with Crippen molar-refractivity contribution < 1.29 is 19.4 Å². The number of thiazole rings is 1. The van der Waals surface area contributed by atoms with Gasteiger partial charge in [0, 0.05) is 23.3 Å². The number of hydrogen-bond acceptors (Lipinski definition) is 6. The van der Waals surface area contributed by atoms with Crippen LogP contribution < -0.4 is 10.1 Å². The summed E-state index contributed by atoms with van der Waals surface area (Å²) in [5.74, 6) is -0.819. The fraction of sp³-hybridized carbons (Fsp3) is 0.200. The van der Waals surface area contributed by atoms with E-state index in [1.165, 1.54) is 41.3 Å². The number of carboxylic acid groups (broad SMARTS) is 1. The van der Waals surface area contributed by atoms with E-state index in [2.05, 4.69) is 66.4 Å². The summed E-state index contributed by atoms with van der Waals surface area (Å²) in [5.41, 5.74) is 3.83. The van der Waals surface area contributed by atoms with Crippen molar-refractivity contribution in [1.82, 2.24) is 15.3 Å². The van der Waals surface area contributed by atoms with Crippen LogP contribution in [0.15, 0.2) is 103 Å². The van der Waals surface area contributed by atoms with Crippen molar-refractivity contribution >= 4 is 34.8 Å². The minimum absolute atomic E-state index is 0.113. The quantitative estimate of drug-likeness (QED) is 0.178. The number of halogens is 1. The van der Waals surface area contributed by atoms with Crippen molar-refractivity contribution in [2.75, 3.05) is 0 Å². The van der Waals surface area contributed by atoms with Crippen molar-refractivity contribution in [3.63, 3.8) is 0 Å². The molecular formula is C35H34ClN3O4S. The SMILES string of the molecule is CC(C)(C)Cc1ccccc1.C[C@H](NC(=O)c1cc(Cl)cnc1Oc1cccc(-c2nccs2)c1)c1ccc(C(=O)O)cc1. The molecule has 3 aromatic carbocycles. The average molecular weight is 628 g/mol. The summed E-state index contributed by atoms with van der Waals surface area (Å²) in [5, 5.41) is 15.0. The van der Waals surface area contributed by atoms with Gasteiger partial charge in [-0.3, -0.25) is 4.79 Å². The van der Waals surface area contributed by atoms with Gasteiger partial charge in [0.25, 0.3) is 5.91 Å². The molecule has 1 amide bonds. The molecular weight excluding hydrogens is 594 g/mol. The van der Waals surface area contributed by atoms with Crippen LogP contribution in [0.5, 0.6) is 11.6 Å². The summed E-state index contributed by atoms with van der Waals surface area (Å²) >= 11 is 7.61. The summed E-state index contributed by atoms with van der Waals surface area (Å²) in [4.78, 5) is 32.6. The van der Waals surface area contributed by atoms with E-state index in [0.717, 1.165) is 22.6 Å². The van der Waals surface area contributed by atoms with Gasteiger partial charge in [0.1, 0.15) is 16.3 Å². The van der Waals surface area contributed by atoms with Crippen molar-refractivity contribution in [2.45, 2.75) is 40.2 Å². The smallest absolute Gasteiger partial charge is 0.335 e. The number of nitrogens with zero attached hydrogens (tertiary/aromatic N) is 2. The first-order valence-electron chi connectivity index (χ1n) is 14.0. The van der Waals surface area contributed by atoms with Crippen molar-refractivity contribution in [2.24, 2.45) is 5.41 Å². The van der Waals surface area contributed by atoms with Crippen molar-refractivity contribution in [3.8, 4) is 22.2 Å². The van der Waals surface area contributed by atoms with E-state index in [1.807, 2.05) is 23.6 Å². The number of aromatic carboxylic acids is 1. The van der Waals surface area contributed by atoms with E-state index < -0.39 is 11.9 Å². The lowest BCUT2D eigenvalue weighted by Gasteiger charge is -2.17. The van der Waals surface area contributed by atoms with Gasteiger partial charge < -0.3 is 15.2 Å². The number of hydrogen-bond donors (Lipinski definition) is 2. The van der Waals surface area contributed by atoms with Crippen LogP contribution in [0.25, 0.3) is 10.6 Å². The van der Waals surface area contributed by atoms with Crippen LogP contribution in [0.4, 0.5) is 0 Å². The second-order valence-corrected chi connectivity index (χ2v) is 12.6. The number of pyridine rings is 1. The van der Waals surface area contributed by atoms with E-state index >= 15 is 0 Å². The first kappa shape index (κ1) is 32.4. The molecule has 2 aromatic heterocycles. The second kappa shape index (κ2) is 14.8. The van der Waals surface area contributed by atoms with Gasteiger partial charge in [-0.2, -0.15) is 0 Å². The van der Waals surface area contributed by atoms with Crippen LogP contribution in [-0.4, -0.2) is 27.0 Å². The van der Waals surface area contributed by atoms with Gasteiger partial charge >= 0.3 is 5.97 Å². The van der Waals surface area contributed by atoms with Crippen LogP contribution in [0.3, 0.4) is 0 Å².